The zero-order valence-electron chi connectivity index (χ0n) is 19.9. The van der Waals surface area contributed by atoms with E-state index in [1.807, 2.05) is 42.2 Å². The number of hydrogen-bond donors (Lipinski definition) is 1. The van der Waals surface area contributed by atoms with Gasteiger partial charge in [-0.2, -0.15) is 4.31 Å². The van der Waals surface area contributed by atoms with Gasteiger partial charge in [-0.1, -0.05) is 30.3 Å². The molecule has 0 spiro atoms. The van der Waals surface area contributed by atoms with Crippen molar-refractivity contribution < 1.29 is 22.5 Å². The molecule has 1 aliphatic heterocycles. The molecule has 1 N–H and O–H groups in total. The predicted molar refractivity (Wildman–Crippen MR) is 135 cm³/mol. The monoisotopic (exact) mass is 514 g/mol. The molecule has 0 aliphatic carbocycles. The standard InChI is InChI=1S/C25H27FN4O5S/c1-18(19-6-4-3-5-7-19)27-23-16-20(8-10-24(23)30(31)32)28-12-14-29(15-13-28)36(33,34)21-9-11-25(35-2)22(26)17-21/h3-11,16-18,27H,12-15H2,1-2H3/t18-/m0/s1. The van der Waals surface area contributed by atoms with E-state index in [1.165, 1.54) is 29.6 Å². The summed E-state index contributed by atoms with van der Waals surface area (Å²) in [5, 5.41) is 14.9. The Bertz CT molecular complexity index is 1350. The molecular formula is C25H27FN4O5S. The van der Waals surface area contributed by atoms with Gasteiger partial charge in [-0.3, -0.25) is 10.1 Å². The summed E-state index contributed by atoms with van der Waals surface area (Å²) in [4.78, 5) is 13.0. The molecular weight excluding hydrogens is 487 g/mol. The Morgan fingerprint density at radius 1 is 1.03 bits per heavy atom. The number of halogens is 1. The highest BCUT2D eigenvalue weighted by Gasteiger charge is 2.30. The zero-order chi connectivity index (χ0) is 25.9. The molecule has 0 saturated carbocycles. The lowest BCUT2D eigenvalue weighted by Crippen LogP contribution is -2.48. The van der Waals surface area contributed by atoms with E-state index < -0.39 is 20.8 Å². The highest BCUT2D eigenvalue weighted by Crippen LogP contribution is 2.33. The van der Waals surface area contributed by atoms with Crippen molar-refractivity contribution in [2.75, 3.05) is 43.5 Å². The molecule has 9 nitrogen and oxygen atoms in total. The molecule has 190 valence electrons. The number of methoxy groups -OCH3 is 1. The first-order valence-electron chi connectivity index (χ1n) is 11.4. The molecule has 1 aliphatic rings. The van der Waals surface area contributed by atoms with Gasteiger partial charge in [0, 0.05) is 44.0 Å². The van der Waals surface area contributed by atoms with Crippen molar-refractivity contribution in [2.24, 2.45) is 0 Å². The van der Waals surface area contributed by atoms with E-state index in [-0.39, 0.29) is 35.5 Å². The number of nitro benzene ring substituents is 1. The Hall–Kier alpha value is -3.70. The van der Waals surface area contributed by atoms with Crippen molar-refractivity contribution in [1.82, 2.24) is 4.31 Å². The van der Waals surface area contributed by atoms with Gasteiger partial charge in [0.2, 0.25) is 10.0 Å². The van der Waals surface area contributed by atoms with Gasteiger partial charge in [0.05, 0.1) is 16.9 Å². The third-order valence-electron chi connectivity index (χ3n) is 6.21. The van der Waals surface area contributed by atoms with Crippen LogP contribution >= 0.6 is 0 Å². The van der Waals surface area contributed by atoms with Crippen LogP contribution in [0, 0.1) is 15.9 Å². The minimum Gasteiger partial charge on any atom is -0.494 e. The Morgan fingerprint density at radius 2 is 1.72 bits per heavy atom. The number of nitrogens with one attached hydrogen (secondary N) is 1. The average molecular weight is 515 g/mol. The smallest absolute Gasteiger partial charge is 0.292 e. The van der Waals surface area contributed by atoms with Gasteiger partial charge in [-0.05, 0) is 42.8 Å². The van der Waals surface area contributed by atoms with Crippen molar-refractivity contribution >= 4 is 27.1 Å². The highest BCUT2D eigenvalue weighted by molar-refractivity contribution is 7.89. The summed E-state index contributed by atoms with van der Waals surface area (Å²) in [5.74, 6) is -0.768. The second-order valence-corrected chi connectivity index (χ2v) is 10.4. The fraction of sp³-hybridized carbons (Fsp3) is 0.280. The quantitative estimate of drug-likeness (QED) is 0.350. The van der Waals surface area contributed by atoms with Crippen LogP contribution in [0.5, 0.6) is 5.75 Å². The van der Waals surface area contributed by atoms with Crippen LogP contribution in [0.4, 0.5) is 21.5 Å². The maximum atomic E-state index is 14.1. The molecule has 0 aromatic heterocycles. The Balaban J connectivity index is 1.50. The lowest BCUT2D eigenvalue weighted by molar-refractivity contribution is -0.384. The summed E-state index contributed by atoms with van der Waals surface area (Å²) in [6.45, 7) is 3.07. The van der Waals surface area contributed by atoms with E-state index in [0.29, 0.717) is 18.8 Å². The van der Waals surface area contributed by atoms with Gasteiger partial charge in [0.15, 0.2) is 11.6 Å². The van der Waals surface area contributed by atoms with Gasteiger partial charge in [-0.15, -0.1) is 0 Å². The number of rotatable bonds is 8. The topological polar surface area (TPSA) is 105 Å². The maximum absolute atomic E-state index is 14.1. The molecule has 1 atom stereocenters. The molecule has 1 fully saturated rings. The molecule has 0 bridgehead atoms. The fourth-order valence-corrected chi connectivity index (χ4v) is 5.63. The number of piperazine rings is 1. The van der Waals surface area contributed by atoms with E-state index in [0.717, 1.165) is 17.3 Å². The van der Waals surface area contributed by atoms with Crippen LogP contribution in [0.2, 0.25) is 0 Å². The minimum absolute atomic E-state index is 0.0251. The average Bonchev–Trinajstić information content (AvgIpc) is 2.89. The van der Waals surface area contributed by atoms with E-state index in [9.17, 15) is 22.9 Å². The molecule has 36 heavy (non-hydrogen) atoms. The molecule has 3 aromatic carbocycles. The summed E-state index contributed by atoms with van der Waals surface area (Å²) < 4.78 is 46.3. The number of benzene rings is 3. The van der Waals surface area contributed by atoms with Gasteiger partial charge >= 0.3 is 0 Å². The van der Waals surface area contributed by atoms with Crippen LogP contribution in [0.3, 0.4) is 0 Å². The van der Waals surface area contributed by atoms with Crippen LogP contribution in [0.25, 0.3) is 0 Å². The number of ether oxygens (including phenoxy) is 1. The molecule has 0 radical (unpaired) electrons. The summed E-state index contributed by atoms with van der Waals surface area (Å²) in [7, 11) is -2.57. The summed E-state index contributed by atoms with van der Waals surface area (Å²) in [6, 6.07) is 17.9. The first-order valence-corrected chi connectivity index (χ1v) is 12.8. The molecule has 1 saturated heterocycles. The van der Waals surface area contributed by atoms with E-state index in [2.05, 4.69) is 5.32 Å². The third-order valence-corrected chi connectivity index (χ3v) is 8.11. The van der Waals surface area contributed by atoms with Crippen LogP contribution in [-0.2, 0) is 10.0 Å². The Morgan fingerprint density at radius 3 is 2.33 bits per heavy atom. The predicted octanol–water partition coefficient (Wildman–Crippen LogP) is 4.43. The lowest BCUT2D eigenvalue weighted by atomic mass is 10.1. The third kappa shape index (κ3) is 5.26. The van der Waals surface area contributed by atoms with Crippen molar-refractivity contribution in [3.8, 4) is 5.75 Å². The van der Waals surface area contributed by atoms with Crippen molar-refractivity contribution in [1.29, 1.82) is 0 Å². The molecule has 0 amide bonds. The van der Waals surface area contributed by atoms with Crippen LogP contribution in [-0.4, -0.2) is 50.9 Å². The van der Waals surface area contributed by atoms with Crippen LogP contribution in [0.1, 0.15) is 18.5 Å². The first kappa shape index (κ1) is 25.4. The largest absolute Gasteiger partial charge is 0.494 e. The molecule has 1 heterocycles. The van der Waals surface area contributed by atoms with Gasteiger partial charge in [-0.25, -0.2) is 12.8 Å². The second-order valence-electron chi connectivity index (χ2n) is 8.42. The second kappa shape index (κ2) is 10.5. The Labute approximate surface area is 209 Å². The normalized spacial score (nSPS) is 15.4. The van der Waals surface area contributed by atoms with Crippen LogP contribution in [0.15, 0.2) is 71.6 Å². The summed E-state index contributed by atoms with van der Waals surface area (Å²) in [5.41, 5.74) is 2.09. The zero-order valence-corrected chi connectivity index (χ0v) is 20.7. The van der Waals surface area contributed by atoms with Gasteiger partial charge < -0.3 is 15.0 Å². The van der Waals surface area contributed by atoms with Crippen molar-refractivity contribution in [2.45, 2.75) is 17.9 Å². The molecule has 11 heteroatoms. The number of nitro groups is 1. The molecule has 4 rings (SSSR count). The highest BCUT2D eigenvalue weighted by atomic mass is 32.2. The van der Waals surface area contributed by atoms with E-state index in [1.54, 1.807) is 12.1 Å². The summed E-state index contributed by atoms with van der Waals surface area (Å²) >= 11 is 0. The van der Waals surface area contributed by atoms with Gasteiger partial charge in [0.1, 0.15) is 5.69 Å². The fourth-order valence-electron chi connectivity index (χ4n) is 4.20. The number of nitrogens with zero attached hydrogens (tertiary/aromatic N) is 3. The molecule has 3 aromatic rings. The minimum atomic E-state index is -3.88. The van der Waals surface area contributed by atoms with Gasteiger partial charge in [0.25, 0.3) is 5.69 Å². The van der Waals surface area contributed by atoms with E-state index in [4.69, 9.17) is 4.74 Å². The number of hydrogen-bond acceptors (Lipinski definition) is 7. The first-order chi connectivity index (χ1) is 17.2. The van der Waals surface area contributed by atoms with Crippen molar-refractivity contribution in [3.05, 3.63) is 88.2 Å². The Kier molecular flexibility index (Phi) is 7.41. The maximum Gasteiger partial charge on any atom is 0.292 e. The summed E-state index contributed by atoms with van der Waals surface area (Å²) in [6.07, 6.45) is 0. The number of sulfonamides is 1. The van der Waals surface area contributed by atoms with Crippen LogP contribution < -0.4 is 15.0 Å². The lowest BCUT2D eigenvalue weighted by Gasteiger charge is -2.35. The molecule has 0 unspecified atom stereocenters. The SMILES string of the molecule is COc1ccc(S(=O)(=O)N2CCN(c3ccc([N+](=O)[O-])c(N[C@@H](C)c4ccccc4)c3)CC2)cc1F. The van der Waals surface area contributed by atoms with Crippen molar-refractivity contribution in [3.63, 3.8) is 0 Å². The van der Waals surface area contributed by atoms with E-state index >= 15 is 0 Å². The number of anilines is 2.